The summed E-state index contributed by atoms with van der Waals surface area (Å²) in [6, 6.07) is 0. The van der Waals surface area contributed by atoms with Gasteiger partial charge in [-0.25, -0.2) is 0 Å². The molecule has 1 saturated heterocycles. The van der Waals surface area contributed by atoms with E-state index in [1.54, 1.807) is 0 Å². The Labute approximate surface area is 65.1 Å². The van der Waals surface area contributed by atoms with Crippen molar-refractivity contribution in [2.75, 3.05) is 26.9 Å². The highest BCUT2D eigenvalue weighted by molar-refractivity contribution is 5.75. The fourth-order valence-corrected chi connectivity index (χ4v) is 1.23. The Morgan fingerprint density at radius 3 is 2.91 bits per heavy atom. The predicted molar refractivity (Wildman–Crippen MR) is 37.4 cm³/mol. The second-order valence-electron chi connectivity index (χ2n) is 2.82. The number of hydrogen-bond acceptors (Lipinski definition) is 3. The Hall–Kier alpha value is -0.610. The molecule has 1 aliphatic rings. The smallest absolute Gasteiger partial charge is 0.314 e. The van der Waals surface area contributed by atoms with Crippen molar-refractivity contribution in [3.63, 3.8) is 0 Å². The van der Waals surface area contributed by atoms with Crippen molar-refractivity contribution in [1.82, 2.24) is 0 Å². The van der Waals surface area contributed by atoms with Crippen molar-refractivity contribution >= 4 is 5.97 Å². The normalized spacial score (nSPS) is 30.6. The Bertz CT molecular complexity index is 149. The highest BCUT2D eigenvalue weighted by atomic mass is 16.5. The van der Waals surface area contributed by atoms with Crippen LogP contribution in [-0.4, -0.2) is 38.0 Å². The first-order valence-corrected chi connectivity index (χ1v) is 3.51. The molecule has 0 aromatic heterocycles. The fourth-order valence-electron chi connectivity index (χ4n) is 1.23. The number of hydrogen-bond donors (Lipinski definition) is 1. The molecule has 0 radical (unpaired) electrons. The highest BCUT2D eigenvalue weighted by Crippen LogP contribution is 2.28. The number of aliphatic carboxylic acids is 1. The summed E-state index contributed by atoms with van der Waals surface area (Å²) < 4.78 is 9.84. The minimum absolute atomic E-state index is 0.238. The van der Waals surface area contributed by atoms with Gasteiger partial charge >= 0.3 is 5.97 Å². The summed E-state index contributed by atoms with van der Waals surface area (Å²) in [5.41, 5.74) is -0.783. The maximum absolute atomic E-state index is 10.8. The van der Waals surface area contributed by atoms with E-state index in [0.29, 0.717) is 13.0 Å². The molecule has 0 aliphatic carbocycles. The predicted octanol–water partition coefficient (Wildman–Crippen LogP) is 0.124. The SMILES string of the molecule is COC[C@@]1(C(=O)O)CCOC1. The average molecular weight is 160 g/mol. The van der Waals surface area contributed by atoms with E-state index in [2.05, 4.69) is 0 Å². The molecule has 64 valence electrons. The van der Waals surface area contributed by atoms with Gasteiger partial charge in [-0.3, -0.25) is 4.79 Å². The number of carboxylic acid groups (broad SMARTS) is 1. The summed E-state index contributed by atoms with van der Waals surface area (Å²) in [7, 11) is 1.50. The standard InChI is InChI=1S/C7H12O4/c1-10-4-7(6(8)9)2-3-11-5-7/h2-5H2,1H3,(H,8,9)/t7-/m0/s1. The lowest BCUT2D eigenvalue weighted by Crippen LogP contribution is -2.35. The van der Waals surface area contributed by atoms with Gasteiger partial charge in [-0.1, -0.05) is 0 Å². The zero-order valence-corrected chi connectivity index (χ0v) is 6.50. The van der Waals surface area contributed by atoms with Gasteiger partial charge in [0.1, 0.15) is 5.41 Å². The van der Waals surface area contributed by atoms with Crippen LogP contribution in [-0.2, 0) is 14.3 Å². The van der Waals surface area contributed by atoms with Crippen molar-refractivity contribution in [1.29, 1.82) is 0 Å². The van der Waals surface area contributed by atoms with E-state index in [4.69, 9.17) is 14.6 Å². The van der Waals surface area contributed by atoms with Crippen molar-refractivity contribution in [2.24, 2.45) is 5.41 Å². The molecule has 0 spiro atoms. The quantitative estimate of drug-likeness (QED) is 0.637. The van der Waals surface area contributed by atoms with Gasteiger partial charge in [-0.2, -0.15) is 0 Å². The first kappa shape index (κ1) is 8.49. The molecule has 1 N–H and O–H groups in total. The van der Waals surface area contributed by atoms with E-state index in [1.165, 1.54) is 7.11 Å². The number of methoxy groups -OCH3 is 1. The molecule has 0 aromatic carbocycles. The van der Waals surface area contributed by atoms with Crippen LogP contribution in [0, 0.1) is 5.41 Å². The Balaban J connectivity index is 2.62. The van der Waals surface area contributed by atoms with Crippen molar-refractivity contribution in [2.45, 2.75) is 6.42 Å². The third kappa shape index (κ3) is 1.52. The first-order chi connectivity index (χ1) is 5.21. The van der Waals surface area contributed by atoms with E-state index in [9.17, 15) is 4.79 Å². The molecule has 0 saturated carbocycles. The van der Waals surface area contributed by atoms with Gasteiger partial charge < -0.3 is 14.6 Å². The Morgan fingerprint density at radius 2 is 2.55 bits per heavy atom. The van der Waals surface area contributed by atoms with Gasteiger partial charge in [0.15, 0.2) is 0 Å². The van der Waals surface area contributed by atoms with Crippen LogP contribution < -0.4 is 0 Å². The summed E-state index contributed by atoms with van der Waals surface area (Å²) in [5.74, 6) is -0.822. The van der Waals surface area contributed by atoms with E-state index in [-0.39, 0.29) is 13.2 Å². The first-order valence-electron chi connectivity index (χ1n) is 3.51. The zero-order valence-electron chi connectivity index (χ0n) is 6.50. The summed E-state index contributed by atoms with van der Waals surface area (Å²) in [5, 5.41) is 8.83. The molecule has 0 amide bonds. The second kappa shape index (κ2) is 3.19. The second-order valence-corrected chi connectivity index (χ2v) is 2.82. The number of carboxylic acids is 1. The summed E-state index contributed by atoms with van der Waals surface area (Å²) in [4.78, 5) is 10.8. The van der Waals surface area contributed by atoms with Gasteiger partial charge in [0, 0.05) is 13.7 Å². The monoisotopic (exact) mass is 160 g/mol. The molecule has 0 bridgehead atoms. The average Bonchev–Trinajstić information content (AvgIpc) is 2.38. The summed E-state index contributed by atoms with van der Waals surface area (Å²) in [6.07, 6.45) is 0.552. The van der Waals surface area contributed by atoms with Crippen molar-refractivity contribution < 1.29 is 19.4 Å². The lowest BCUT2D eigenvalue weighted by atomic mass is 9.89. The molecule has 1 fully saturated rings. The van der Waals surface area contributed by atoms with Gasteiger partial charge in [0.25, 0.3) is 0 Å². The highest BCUT2D eigenvalue weighted by Gasteiger charge is 2.42. The van der Waals surface area contributed by atoms with E-state index >= 15 is 0 Å². The van der Waals surface area contributed by atoms with Crippen LogP contribution in [0.25, 0.3) is 0 Å². The minimum Gasteiger partial charge on any atom is -0.481 e. The third-order valence-electron chi connectivity index (χ3n) is 1.98. The molecule has 1 atom stereocenters. The van der Waals surface area contributed by atoms with Crippen LogP contribution >= 0.6 is 0 Å². The molecule has 4 nitrogen and oxygen atoms in total. The van der Waals surface area contributed by atoms with Crippen molar-refractivity contribution in [3.05, 3.63) is 0 Å². The molecule has 11 heavy (non-hydrogen) atoms. The summed E-state index contributed by atoms with van der Waals surface area (Å²) in [6.45, 7) is 1.04. The molecule has 1 heterocycles. The molecular weight excluding hydrogens is 148 g/mol. The van der Waals surface area contributed by atoms with E-state index in [0.717, 1.165) is 0 Å². The Morgan fingerprint density at radius 1 is 1.82 bits per heavy atom. The van der Waals surface area contributed by atoms with Crippen LogP contribution in [0.5, 0.6) is 0 Å². The number of ether oxygens (including phenoxy) is 2. The molecule has 4 heteroatoms. The lowest BCUT2D eigenvalue weighted by Gasteiger charge is -2.19. The fraction of sp³-hybridized carbons (Fsp3) is 0.857. The van der Waals surface area contributed by atoms with Crippen LogP contribution in [0.3, 0.4) is 0 Å². The van der Waals surface area contributed by atoms with Crippen LogP contribution in [0.1, 0.15) is 6.42 Å². The number of rotatable bonds is 3. The third-order valence-corrected chi connectivity index (χ3v) is 1.98. The maximum atomic E-state index is 10.8. The van der Waals surface area contributed by atoms with E-state index in [1.807, 2.05) is 0 Å². The Kier molecular flexibility index (Phi) is 2.46. The topological polar surface area (TPSA) is 55.8 Å². The minimum atomic E-state index is -0.822. The van der Waals surface area contributed by atoms with Crippen molar-refractivity contribution in [3.8, 4) is 0 Å². The largest absolute Gasteiger partial charge is 0.481 e. The molecule has 0 aromatic rings. The number of carbonyl (C=O) groups is 1. The molecular formula is C7H12O4. The molecule has 0 unspecified atom stereocenters. The zero-order chi connectivity index (χ0) is 8.32. The summed E-state index contributed by atoms with van der Waals surface area (Å²) >= 11 is 0. The van der Waals surface area contributed by atoms with Gasteiger partial charge in [-0.05, 0) is 6.42 Å². The van der Waals surface area contributed by atoms with Gasteiger partial charge in [0.2, 0.25) is 0 Å². The van der Waals surface area contributed by atoms with Crippen LogP contribution in [0.15, 0.2) is 0 Å². The van der Waals surface area contributed by atoms with Crippen LogP contribution in [0.4, 0.5) is 0 Å². The van der Waals surface area contributed by atoms with Gasteiger partial charge in [0.05, 0.1) is 13.2 Å². The molecule has 1 rings (SSSR count). The van der Waals surface area contributed by atoms with Gasteiger partial charge in [-0.15, -0.1) is 0 Å². The van der Waals surface area contributed by atoms with Crippen LogP contribution in [0.2, 0.25) is 0 Å². The lowest BCUT2D eigenvalue weighted by molar-refractivity contribution is -0.152. The van der Waals surface area contributed by atoms with E-state index < -0.39 is 11.4 Å². The maximum Gasteiger partial charge on any atom is 0.314 e. The molecule has 1 aliphatic heterocycles.